The summed E-state index contributed by atoms with van der Waals surface area (Å²) in [5, 5.41) is 9.84. The number of carbonyl (C=O) groups excluding carboxylic acids is 2. The Balaban J connectivity index is 2.72. The van der Waals surface area contributed by atoms with Crippen molar-refractivity contribution in [1.29, 1.82) is 0 Å². The molecule has 102 valence electrons. The fraction of sp³-hybridized carbons (Fsp3) is 0.333. The van der Waals surface area contributed by atoms with Gasteiger partial charge >= 0.3 is 0 Å². The fourth-order valence-electron chi connectivity index (χ4n) is 2.26. The Labute approximate surface area is 119 Å². The molecule has 1 atom stereocenters. The van der Waals surface area contributed by atoms with Gasteiger partial charge in [0.2, 0.25) is 11.8 Å². The van der Waals surface area contributed by atoms with E-state index in [0.29, 0.717) is 17.5 Å². The molecule has 0 fully saturated rings. The van der Waals surface area contributed by atoms with E-state index in [0.717, 1.165) is 0 Å². The van der Waals surface area contributed by atoms with Gasteiger partial charge in [-0.05, 0) is 18.1 Å². The first-order chi connectivity index (χ1) is 8.84. The zero-order chi connectivity index (χ0) is 14.3. The number of aryl methyl sites for hydroxylation is 1. The minimum atomic E-state index is -0.999. The molecule has 1 unspecified atom stereocenters. The Kier molecular flexibility index (Phi) is 3.60. The molecule has 0 aliphatic carbocycles. The molecule has 0 bridgehead atoms. The summed E-state index contributed by atoms with van der Waals surface area (Å²) in [6.45, 7) is 0. The lowest BCUT2D eigenvalue weighted by atomic mass is 9.97. The number of aromatic hydroxyl groups is 1. The molecule has 19 heavy (non-hydrogen) atoms. The summed E-state index contributed by atoms with van der Waals surface area (Å²) in [6, 6.07) is 0.515. The molecular weight excluding hydrogens is 291 g/mol. The van der Waals surface area contributed by atoms with Crippen LogP contribution in [0.25, 0.3) is 0 Å². The number of carbonyl (C=O) groups is 2. The van der Waals surface area contributed by atoms with Gasteiger partial charge in [0.15, 0.2) is 5.75 Å². The Hall–Kier alpha value is -1.46. The van der Waals surface area contributed by atoms with E-state index in [-0.39, 0.29) is 28.1 Å². The van der Waals surface area contributed by atoms with Gasteiger partial charge < -0.3 is 15.7 Å². The van der Waals surface area contributed by atoms with Crippen molar-refractivity contribution < 1.29 is 14.7 Å². The molecular formula is C12H12Cl2N2O3. The molecule has 7 heteroatoms. The Bertz CT molecular complexity index is 575. The van der Waals surface area contributed by atoms with E-state index in [4.69, 9.17) is 28.9 Å². The fourth-order valence-corrected chi connectivity index (χ4v) is 2.86. The van der Waals surface area contributed by atoms with Gasteiger partial charge in [-0.15, -0.1) is 0 Å². The summed E-state index contributed by atoms with van der Waals surface area (Å²) in [7, 11) is 1.48. The molecule has 0 saturated carbocycles. The molecule has 0 aromatic heterocycles. The van der Waals surface area contributed by atoms with Gasteiger partial charge in [-0.25, -0.2) is 0 Å². The Morgan fingerprint density at radius 1 is 1.47 bits per heavy atom. The number of primary amides is 1. The molecule has 1 aromatic carbocycles. The molecule has 5 nitrogen and oxygen atoms in total. The number of benzene rings is 1. The van der Waals surface area contributed by atoms with Crippen LogP contribution in [-0.4, -0.2) is 28.9 Å². The number of phenols is 1. The van der Waals surface area contributed by atoms with E-state index in [1.165, 1.54) is 18.0 Å². The number of phenolic OH excluding ortho intramolecular Hbond substituents is 1. The number of rotatable bonds is 1. The van der Waals surface area contributed by atoms with E-state index < -0.39 is 11.9 Å². The zero-order valence-electron chi connectivity index (χ0n) is 10.1. The van der Waals surface area contributed by atoms with Crippen molar-refractivity contribution in [2.75, 3.05) is 7.05 Å². The van der Waals surface area contributed by atoms with Gasteiger partial charge in [-0.2, -0.15) is 0 Å². The van der Waals surface area contributed by atoms with Crippen LogP contribution in [-0.2, 0) is 16.0 Å². The molecule has 0 spiro atoms. The van der Waals surface area contributed by atoms with Crippen molar-refractivity contribution in [1.82, 2.24) is 4.90 Å². The van der Waals surface area contributed by atoms with Crippen molar-refractivity contribution in [3.05, 3.63) is 27.2 Å². The number of amides is 2. The smallest absolute Gasteiger partial charge is 0.244 e. The van der Waals surface area contributed by atoms with Crippen molar-refractivity contribution in [3.63, 3.8) is 0 Å². The van der Waals surface area contributed by atoms with Gasteiger partial charge in [0.1, 0.15) is 6.04 Å². The van der Waals surface area contributed by atoms with E-state index in [1.54, 1.807) is 0 Å². The summed E-state index contributed by atoms with van der Waals surface area (Å²) in [6.07, 6.45) is 0.618. The van der Waals surface area contributed by atoms with Crippen LogP contribution in [0.1, 0.15) is 23.6 Å². The highest BCUT2D eigenvalue weighted by Crippen LogP contribution is 2.42. The average molecular weight is 303 g/mol. The van der Waals surface area contributed by atoms with E-state index in [1.807, 2.05) is 0 Å². The molecule has 1 heterocycles. The molecule has 2 amide bonds. The third-order valence-electron chi connectivity index (χ3n) is 3.25. The maximum Gasteiger partial charge on any atom is 0.244 e. The summed E-state index contributed by atoms with van der Waals surface area (Å²) in [5.41, 5.74) is 6.35. The van der Waals surface area contributed by atoms with E-state index >= 15 is 0 Å². The van der Waals surface area contributed by atoms with Crippen LogP contribution in [0.3, 0.4) is 0 Å². The van der Waals surface area contributed by atoms with Crippen LogP contribution in [0, 0.1) is 0 Å². The lowest BCUT2D eigenvalue weighted by molar-refractivity contribution is -0.137. The van der Waals surface area contributed by atoms with Crippen LogP contribution in [0.15, 0.2) is 6.07 Å². The van der Waals surface area contributed by atoms with Gasteiger partial charge in [-0.1, -0.05) is 23.2 Å². The second-order valence-electron chi connectivity index (χ2n) is 4.40. The van der Waals surface area contributed by atoms with Crippen molar-refractivity contribution in [3.8, 4) is 5.75 Å². The molecule has 0 saturated heterocycles. The highest BCUT2D eigenvalue weighted by atomic mass is 35.5. The maximum absolute atomic E-state index is 11.9. The number of hydrogen-bond donors (Lipinski definition) is 2. The van der Waals surface area contributed by atoms with Crippen LogP contribution < -0.4 is 5.73 Å². The Morgan fingerprint density at radius 3 is 2.68 bits per heavy atom. The number of likely N-dealkylation sites (N-methyl/N-ethyl adjacent to an activating group) is 1. The number of halogens is 2. The van der Waals surface area contributed by atoms with Crippen molar-refractivity contribution in [2.45, 2.75) is 18.9 Å². The normalized spacial score (nSPS) is 19.0. The number of hydrogen-bond acceptors (Lipinski definition) is 3. The second kappa shape index (κ2) is 4.90. The number of nitrogens with two attached hydrogens (primary N) is 1. The third kappa shape index (κ3) is 2.24. The predicted molar refractivity (Wildman–Crippen MR) is 71.2 cm³/mol. The first-order valence-corrected chi connectivity index (χ1v) is 6.35. The third-order valence-corrected chi connectivity index (χ3v) is 3.92. The lowest BCUT2D eigenvalue weighted by Crippen LogP contribution is -2.38. The molecule has 1 aliphatic rings. The van der Waals surface area contributed by atoms with Gasteiger partial charge in [0.05, 0.1) is 10.0 Å². The topological polar surface area (TPSA) is 83.6 Å². The molecule has 1 aliphatic heterocycles. The van der Waals surface area contributed by atoms with Crippen LogP contribution in [0.2, 0.25) is 10.0 Å². The predicted octanol–water partition coefficient (Wildman–Crippen LogP) is 1.63. The van der Waals surface area contributed by atoms with E-state index in [9.17, 15) is 14.7 Å². The van der Waals surface area contributed by atoms with Crippen molar-refractivity contribution >= 4 is 35.0 Å². The lowest BCUT2D eigenvalue weighted by Gasteiger charge is -2.25. The molecule has 2 rings (SSSR count). The monoisotopic (exact) mass is 302 g/mol. The minimum Gasteiger partial charge on any atom is -0.505 e. The number of nitrogens with zero attached hydrogens (tertiary/aromatic N) is 1. The van der Waals surface area contributed by atoms with Crippen molar-refractivity contribution in [2.24, 2.45) is 5.73 Å². The maximum atomic E-state index is 11.9. The van der Waals surface area contributed by atoms with E-state index in [2.05, 4.69) is 0 Å². The van der Waals surface area contributed by atoms with Gasteiger partial charge in [0, 0.05) is 19.0 Å². The van der Waals surface area contributed by atoms with Crippen LogP contribution in [0.5, 0.6) is 5.75 Å². The summed E-state index contributed by atoms with van der Waals surface area (Å²) < 4.78 is 0. The SMILES string of the molecule is CN1C(=O)CCc2cc(Cl)c(O)c(Cl)c2C1C(N)=O. The first kappa shape index (κ1) is 14.0. The quantitative estimate of drug-likeness (QED) is 0.827. The summed E-state index contributed by atoms with van der Waals surface area (Å²) in [5.74, 6) is -1.23. The Morgan fingerprint density at radius 2 is 2.11 bits per heavy atom. The van der Waals surface area contributed by atoms with Gasteiger partial charge in [-0.3, -0.25) is 9.59 Å². The molecule has 1 aromatic rings. The first-order valence-electron chi connectivity index (χ1n) is 5.59. The van der Waals surface area contributed by atoms with Gasteiger partial charge in [0.25, 0.3) is 0 Å². The van der Waals surface area contributed by atoms with Crippen LogP contribution >= 0.6 is 23.2 Å². The molecule has 3 N–H and O–H groups in total. The highest BCUT2D eigenvalue weighted by Gasteiger charge is 2.34. The highest BCUT2D eigenvalue weighted by molar-refractivity contribution is 6.38. The van der Waals surface area contributed by atoms with Crippen LogP contribution in [0.4, 0.5) is 0 Å². The largest absolute Gasteiger partial charge is 0.505 e. The summed E-state index contributed by atoms with van der Waals surface area (Å²) in [4.78, 5) is 24.7. The summed E-state index contributed by atoms with van der Waals surface area (Å²) >= 11 is 11.9. The average Bonchev–Trinajstić information content (AvgIpc) is 2.46. The molecule has 0 radical (unpaired) electrons. The standard InChI is InChI=1S/C12H12Cl2N2O3/c1-16-7(17)3-2-5-4-6(13)11(18)9(14)8(5)10(16)12(15)19/h4,10,18H,2-3H2,1H3,(H2,15,19). The second-order valence-corrected chi connectivity index (χ2v) is 5.19. The minimum absolute atomic E-state index is 0.0344. The number of fused-ring (bicyclic) bond motifs is 1. The zero-order valence-corrected chi connectivity index (χ0v) is 11.6.